The van der Waals surface area contributed by atoms with Crippen LogP contribution in [-0.2, 0) is 9.84 Å². The van der Waals surface area contributed by atoms with E-state index in [1.165, 1.54) is 32.2 Å². The molecule has 4 nitrogen and oxygen atoms in total. The summed E-state index contributed by atoms with van der Waals surface area (Å²) in [5.41, 5.74) is 0. The lowest BCUT2D eigenvalue weighted by molar-refractivity contribution is 0.252. The fourth-order valence-electron chi connectivity index (χ4n) is 2.08. The van der Waals surface area contributed by atoms with Crippen LogP contribution in [0.3, 0.4) is 0 Å². The predicted molar refractivity (Wildman–Crippen MR) is 67.5 cm³/mol. The van der Waals surface area contributed by atoms with E-state index in [4.69, 9.17) is 0 Å². The smallest absolute Gasteiger partial charge is 0.147 e. The molecule has 5 heteroatoms. The van der Waals surface area contributed by atoms with Crippen LogP contribution < -0.4 is 5.32 Å². The normalized spacial score (nSPS) is 20.1. The lowest BCUT2D eigenvalue weighted by Crippen LogP contribution is -2.39. The highest BCUT2D eigenvalue weighted by atomic mass is 32.2. The second-order valence-corrected chi connectivity index (χ2v) is 7.04. The maximum atomic E-state index is 10.9. The highest BCUT2D eigenvalue weighted by molar-refractivity contribution is 7.90. The molecule has 16 heavy (non-hydrogen) atoms. The molecule has 0 amide bonds. The van der Waals surface area contributed by atoms with Crippen molar-refractivity contribution in [1.29, 1.82) is 0 Å². The zero-order chi connectivity index (χ0) is 12.0. The molecule has 0 aromatic heterocycles. The molecule has 0 aromatic rings. The van der Waals surface area contributed by atoms with Crippen molar-refractivity contribution in [3.05, 3.63) is 0 Å². The molecule has 0 saturated carbocycles. The first-order valence-corrected chi connectivity index (χ1v) is 8.17. The van der Waals surface area contributed by atoms with E-state index in [2.05, 4.69) is 17.1 Å². The van der Waals surface area contributed by atoms with Crippen LogP contribution in [0, 0.1) is 0 Å². The van der Waals surface area contributed by atoms with Gasteiger partial charge in [-0.05, 0) is 45.8 Å². The average Bonchev–Trinajstić information content (AvgIpc) is 2.67. The summed E-state index contributed by atoms with van der Waals surface area (Å²) in [7, 11) is -2.79. The second-order valence-electron chi connectivity index (χ2n) is 4.78. The first-order chi connectivity index (χ1) is 7.49. The summed E-state index contributed by atoms with van der Waals surface area (Å²) < 4.78 is 21.8. The minimum absolute atomic E-state index is 0.290. The number of nitrogens with zero attached hydrogens (tertiary/aromatic N) is 1. The molecule has 1 atom stereocenters. The fourth-order valence-corrected chi connectivity index (χ4v) is 2.75. The van der Waals surface area contributed by atoms with E-state index >= 15 is 0 Å². The van der Waals surface area contributed by atoms with Crippen molar-refractivity contribution in [2.75, 3.05) is 38.2 Å². The predicted octanol–water partition coefficient (Wildman–Crippen LogP) is 0.495. The Balaban J connectivity index is 2.02. The van der Waals surface area contributed by atoms with E-state index in [1.54, 1.807) is 0 Å². The standard InChI is InChI=1S/C11H24N2O2S/c1-11(13-7-3-4-8-13)10-12-6-5-9-16(2,14)15/h11-12H,3-10H2,1-2H3. The first-order valence-electron chi connectivity index (χ1n) is 6.11. The van der Waals surface area contributed by atoms with Crippen LogP contribution in [0.4, 0.5) is 0 Å². The Hall–Kier alpha value is -0.130. The van der Waals surface area contributed by atoms with Gasteiger partial charge in [0.1, 0.15) is 9.84 Å². The van der Waals surface area contributed by atoms with Crippen molar-refractivity contribution in [2.24, 2.45) is 0 Å². The Morgan fingerprint density at radius 3 is 2.50 bits per heavy atom. The molecule has 1 saturated heterocycles. The van der Waals surface area contributed by atoms with Crippen LogP contribution in [0.25, 0.3) is 0 Å². The third kappa shape index (κ3) is 5.82. The average molecular weight is 248 g/mol. The Morgan fingerprint density at radius 1 is 1.31 bits per heavy atom. The van der Waals surface area contributed by atoms with Gasteiger partial charge in [-0.25, -0.2) is 8.42 Å². The van der Waals surface area contributed by atoms with Crippen LogP contribution in [0.2, 0.25) is 0 Å². The van der Waals surface area contributed by atoms with E-state index in [1.807, 2.05) is 0 Å². The van der Waals surface area contributed by atoms with Gasteiger partial charge in [0.25, 0.3) is 0 Å². The van der Waals surface area contributed by atoms with E-state index < -0.39 is 9.84 Å². The van der Waals surface area contributed by atoms with Gasteiger partial charge in [0.15, 0.2) is 0 Å². The van der Waals surface area contributed by atoms with Gasteiger partial charge in [0.05, 0.1) is 5.75 Å². The molecule has 1 heterocycles. The van der Waals surface area contributed by atoms with Crippen molar-refractivity contribution in [1.82, 2.24) is 10.2 Å². The SMILES string of the molecule is CC(CNCCCS(C)(=O)=O)N1CCCC1. The van der Waals surface area contributed by atoms with Crippen molar-refractivity contribution in [3.63, 3.8) is 0 Å². The maximum absolute atomic E-state index is 10.9. The molecular weight excluding hydrogens is 224 g/mol. The number of nitrogens with one attached hydrogen (secondary N) is 1. The molecule has 1 fully saturated rings. The van der Waals surface area contributed by atoms with Gasteiger partial charge in [-0.15, -0.1) is 0 Å². The third-order valence-corrected chi connectivity index (χ3v) is 4.10. The Kier molecular flexibility index (Phi) is 5.72. The number of rotatable bonds is 7. The summed E-state index contributed by atoms with van der Waals surface area (Å²) in [4.78, 5) is 2.49. The topological polar surface area (TPSA) is 49.4 Å². The number of likely N-dealkylation sites (tertiary alicyclic amines) is 1. The molecule has 0 spiro atoms. The molecule has 1 unspecified atom stereocenters. The van der Waals surface area contributed by atoms with Gasteiger partial charge in [-0.2, -0.15) is 0 Å². The molecule has 1 aliphatic rings. The van der Waals surface area contributed by atoms with Crippen molar-refractivity contribution in [2.45, 2.75) is 32.2 Å². The molecular formula is C11H24N2O2S. The van der Waals surface area contributed by atoms with Gasteiger partial charge in [0, 0.05) is 18.8 Å². The minimum Gasteiger partial charge on any atom is -0.315 e. The Labute approximate surface area is 99.3 Å². The molecule has 1 rings (SSSR count). The molecule has 1 N–H and O–H groups in total. The lowest BCUT2D eigenvalue weighted by Gasteiger charge is -2.23. The molecule has 0 radical (unpaired) electrons. The Morgan fingerprint density at radius 2 is 1.94 bits per heavy atom. The van der Waals surface area contributed by atoms with E-state index in [9.17, 15) is 8.42 Å². The van der Waals surface area contributed by atoms with Crippen LogP contribution in [-0.4, -0.2) is 57.5 Å². The monoisotopic (exact) mass is 248 g/mol. The minimum atomic E-state index is -2.79. The molecule has 0 aliphatic carbocycles. The van der Waals surface area contributed by atoms with E-state index in [0.29, 0.717) is 12.5 Å². The van der Waals surface area contributed by atoms with Crippen molar-refractivity contribution >= 4 is 9.84 Å². The van der Waals surface area contributed by atoms with Crippen LogP contribution >= 0.6 is 0 Å². The summed E-state index contributed by atoms with van der Waals surface area (Å²) in [6.07, 6.45) is 4.64. The van der Waals surface area contributed by atoms with Gasteiger partial charge in [-0.3, -0.25) is 4.90 Å². The van der Waals surface area contributed by atoms with Crippen molar-refractivity contribution < 1.29 is 8.42 Å². The lowest BCUT2D eigenvalue weighted by atomic mass is 10.3. The molecule has 1 aliphatic heterocycles. The summed E-state index contributed by atoms with van der Waals surface area (Å²) in [6, 6.07) is 0.570. The van der Waals surface area contributed by atoms with Crippen LogP contribution in [0.5, 0.6) is 0 Å². The third-order valence-electron chi connectivity index (χ3n) is 3.07. The zero-order valence-electron chi connectivity index (χ0n) is 10.4. The van der Waals surface area contributed by atoms with E-state index in [-0.39, 0.29) is 5.75 Å². The number of sulfone groups is 1. The second kappa shape index (κ2) is 6.57. The number of hydrogen-bond donors (Lipinski definition) is 1. The molecule has 96 valence electrons. The van der Waals surface area contributed by atoms with Crippen molar-refractivity contribution in [3.8, 4) is 0 Å². The quantitative estimate of drug-likeness (QED) is 0.666. The zero-order valence-corrected chi connectivity index (χ0v) is 11.2. The van der Waals surface area contributed by atoms with Gasteiger partial charge < -0.3 is 5.32 Å². The largest absolute Gasteiger partial charge is 0.315 e. The van der Waals surface area contributed by atoms with E-state index in [0.717, 1.165) is 13.1 Å². The van der Waals surface area contributed by atoms with Gasteiger partial charge >= 0.3 is 0 Å². The molecule has 0 bridgehead atoms. The summed E-state index contributed by atoms with van der Waals surface area (Å²) >= 11 is 0. The van der Waals surface area contributed by atoms with Crippen LogP contribution in [0.15, 0.2) is 0 Å². The first kappa shape index (κ1) is 13.9. The highest BCUT2D eigenvalue weighted by Gasteiger charge is 2.17. The van der Waals surface area contributed by atoms with Crippen LogP contribution in [0.1, 0.15) is 26.2 Å². The Bertz CT molecular complexity index is 284. The van der Waals surface area contributed by atoms with Gasteiger partial charge in [0.2, 0.25) is 0 Å². The molecule has 0 aromatic carbocycles. The summed E-state index contributed by atoms with van der Waals surface area (Å²) in [5.74, 6) is 0.290. The summed E-state index contributed by atoms with van der Waals surface area (Å²) in [6.45, 7) is 6.42. The maximum Gasteiger partial charge on any atom is 0.147 e. The summed E-state index contributed by atoms with van der Waals surface area (Å²) in [5, 5.41) is 3.33. The number of hydrogen-bond acceptors (Lipinski definition) is 4. The highest BCUT2D eigenvalue weighted by Crippen LogP contribution is 2.10. The van der Waals surface area contributed by atoms with Gasteiger partial charge in [-0.1, -0.05) is 0 Å². The fraction of sp³-hybridized carbons (Fsp3) is 1.00.